The van der Waals surface area contributed by atoms with E-state index >= 15 is 0 Å². The van der Waals surface area contributed by atoms with Gasteiger partial charge in [0, 0.05) is 12.6 Å². The van der Waals surface area contributed by atoms with E-state index in [0.717, 1.165) is 32.6 Å². The van der Waals surface area contributed by atoms with Crippen LogP contribution in [0.15, 0.2) is 0 Å². The summed E-state index contributed by atoms with van der Waals surface area (Å²) >= 11 is 0. The summed E-state index contributed by atoms with van der Waals surface area (Å²) in [6.07, 6.45) is 3.40. The first kappa shape index (κ1) is 16.4. The van der Waals surface area contributed by atoms with E-state index in [4.69, 9.17) is 5.73 Å². The van der Waals surface area contributed by atoms with Gasteiger partial charge in [-0.25, -0.2) is 0 Å². The van der Waals surface area contributed by atoms with E-state index in [9.17, 15) is 4.79 Å². The van der Waals surface area contributed by atoms with Crippen LogP contribution in [-0.2, 0) is 4.79 Å². The molecule has 3 N–H and O–H groups in total. The molecule has 1 fully saturated rings. The predicted octanol–water partition coefficient (Wildman–Crippen LogP) is 0.256. The highest BCUT2D eigenvalue weighted by molar-refractivity contribution is 5.79. The predicted molar refractivity (Wildman–Crippen MR) is 79.0 cm³/mol. The lowest BCUT2D eigenvalue weighted by Crippen LogP contribution is -2.44. The summed E-state index contributed by atoms with van der Waals surface area (Å²) in [4.78, 5) is 16.2. The summed E-state index contributed by atoms with van der Waals surface area (Å²) in [5.41, 5.74) is 5.39. The van der Waals surface area contributed by atoms with Crippen LogP contribution in [0.5, 0.6) is 0 Å². The third kappa shape index (κ3) is 5.47. The maximum atomic E-state index is 11.3. The number of nitrogens with zero attached hydrogens (tertiary/aromatic N) is 2. The molecule has 0 radical (unpaired) electrons. The van der Waals surface area contributed by atoms with Gasteiger partial charge < -0.3 is 16.0 Å². The second-order valence-corrected chi connectivity index (χ2v) is 5.49. The minimum atomic E-state index is -0.244. The first-order valence-corrected chi connectivity index (χ1v) is 7.53. The summed E-state index contributed by atoms with van der Waals surface area (Å²) in [6, 6.07) is 0.486. The molecule has 2 atom stereocenters. The number of hydrogen-bond donors (Lipinski definition) is 2. The number of hydrogen-bond acceptors (Lipinski definition) is 4. The molecular weight excluding hydrogens is 240 g/mol. The zero-order valence-corrected chi connectivity index (χ0v) is 12.7. The van der Waals surface area contributed by atoms with Crippen molar-refractivity contribution in [3.63, 3.8) is 0 Å². The van der Waals surface area contributed by atoms with Gasteiger partial charge >= 0.3 is 0 Å². The number of likely N-dealkylation sites (tertiary alicyclic amines) is 1. The van der Waals surface area contributed by atoms with Crippen LogP contribution in [0.25, 0.3) is 0 Å². The van der Waals surface area contributed by atoms with E-state index in [0.29, 0.717) is 6.04 Å². The van der Waals surface area contributed by atoms with Gasteiger partial charge in [0.05, 0.1) is 6.04 Å². The van der Waals surface area contributed by atoms with Gasteiger partial charge in [-0.3, -0.25) is 9.69 Å². The summed E-state index contributed by atoms with van der Waals surface area (Å²) in [6.45, 7) is 9.38. The molecule has 0 aromatic heterocycles. The Morgan fingerprint density at radius 2 is 2.26 bits per heavy atom. The SMILES string of the molecule is CCNC(CCN(C)CC1CCCN1CC)C(N)=O. The van der Waals surface area contributed by atoms with E-state index in [2.05, 4.69) is 29.1 Å². The molecule has 2 unspecified atom stereocenters. The molecule has 0 bridgehead atoms. The molecule has 0 aliphatic carbocycles. The lowest BCUT2D eigenvalue weighted by Gasteiger charge is -2.28. The summed E-state index contributed by atoms with van der Waals surface area (Å²) in [7, 11) is 2.14. The second-order valence-electron chi connectivity index (χ2n) is 5.49. The third-order valence-electron chi connectivity index (χ3n) is 4.02. The monoisotopic (exact) mass is 270 g/mol. The fraction of sp³-hybridized carbons (Fsp3) is 0.929. The molecule has 0 spiro atoms. The van der Waals surface area contributed by atoms with Gasteiger partial charge in [-0.1, -0.05) is 13.8 Å². The molecular formula is C14H30N4O. The second kappa shape index (κ2) is 8.51. The molecule has 1 aliphatic rings. The van der Waals surface area contributed by atoms with Crippen molar-refractivity contribution in [1.29, 1.82) is 0 Å². The molecule has 5 nitrogen and oxygen atoms in total. The average Bonchev–Trinajstić information content (AvgIpc) is 2.81. The van der Waals surface area contributed by atoms with Gasteiger partial charge in [0.2, 0.25) is 5.91 Å². The van der Waals surface area contributed by atoms with Gasteiger partial charge in [0.15, 0.2) is 0 Å². The number of nitrogens with one attached hydrogen (secondary N) is 1. The van der Waals surface area contributed by atoms with Crippen LogP contribution >= 0.6 is 0 Å². The fourth-order valence-corrected chi connectivity index (χ4v) is 2.91. The van der Waals surface area contributed by atoms with Crippen LogP contribution in [0, 0.1) is 0 Å². The minimum Gasteiger partial charge on any atom is -0.368 e. The maximum absolute atomic E-state index is 11.3. The molecule has 1 saturated heterocycles. The minimum absolute atomic E-state index is 0.196. The van der Waals surface area contributed by atoms with Crippen molar-refractivity contribution in [3.8, 4) is 0 Å². The van der Waals surface area contributed by atoms with Crippen LogP contribution in [0.2, 0.25) is 0 Å². The largest absolute Gasteiger partial charge is 0.368 e. The molecule has 1 aliphatic heterocycles. The van der Waals surface area contributed by atoms with Crippen molar-refractivity contribution in [2.45, 2.75) is 45.2 Å². The molecule has 19 heavy (non-hydrogen) atoms. The smallest absolute Gasteiger partial charge is 0.234 e. The van der Waals surface area contributed by atoms with E-state index < -0.39 is 0 Å². The molecule has 5 heteroatoms. The van der Waals surface area contributed by atoms with Gasteiger partial charge in [-0.2, -0.15) is 0 Å². The molecule has 1 rings (SSSR count). The third-order valence-corrected chi connectivity index (χ3v) is 4.02. The quantitative estimate of drug-likeness (QED) is 0.631. The van der Waals surface area contributed by atoms with Crippen molar-refractivity contribution in [2.24, 2.45) is 5.73 Å². The van der Waals surface area contributed by atoms with Crippen molar-refractivity contribution >= 4 is 5.91 Å². The van der Waals surface area contributed by atoms with E-state index in [1.54, 1.807) is 0 Å². The Morgan fingerprint density at radius 1 is 1.53 bits per heavy atom. The lowest BCUT2D eigenvalue weighted by atomic mass is 10.1. The number of likely N-dealkylation sites (N-methyl/N-ethyl adjacent to an activating group) is 3. The lowest BCUT2D eigenvalue weighted by molar-refractivity contribution is -0.120. The first-order valence-electron chi connectivity index (χ1n) is 7.53. The van der Waals surface area contributed by atoms with Gasteiger partial charge in [0.1, 0.15) is 0 Å². The van der Waals surface area contributed by atoms with Crippen LogP contribution in [-0.4, -0.2) is 67.6 Å². The highest BCUT2D eigenvalue weighted by Gasteiger charge is 2.24. The summed E-state index contributed by atoms with van der Waals surface area (Å²) in [5.74, 6) is -0.244. The zero-order valence-electron chi connectivity index (χ0n) is 12.7. The van der Waals surface area contributed by atoms with Crippen molar-refractivity contribution < 1.29 is 4.79 Å². The van der Waals surface area contributed by atoms with Crippen molar-refractivity contribution in [2.75, 3.05) is 39.8 Å². The number of primary amides is 1. The molecule has 0 aromatic carbocycles. The zero-order chi connectivity index (χ0) is 14.3. The van der Waals surface area contributed by atoms with Gasteiger partial charge in [-0.05, 0) is 52.5 Å². The fourth-order valence-electron chi connectivity index (χ4n) is 2.91. The average molecular weight is 270 g/mol. The van der Waals surface area contributed by atoms with Crippen molar-refractivity contribution in [3.05, 3.63) is 0 Å². The Bertz CT molecular complexity index is 272. The normalized spacial score (nSPS) is 22.0. The number of rotatable bonds is 9. The first-order chi connectivity index (χ1) is 9.08. The van der Waals surface area contributed by atoms with Crippen molar-refractivity contribution in [1.82, 2.24) is 15.1 Å². The van der Waals surface area contributed by atoms with Gasteiger partial charge in [0.25, 0.3) is 0 Å². The number of nitrogens with two attached hydrogens (primary N) is 1. The maximum Gasteiger partial charge on any atom is 0.234 e. The molecule has 1 heterocycles. The van der Waals surface area contributed by atoms with Gasteiger partial charge in [-0.15, -0.1) is 0 Å². The number of carbonyl (C=O) groups excluding carboxylic acids is 1. The summed E-state index contributed by atoms with van der Waals surface area (Å²) in [5, 5.41) is 3.14. The van der Waals surface area contributed by atoms with Crippen LogP contribution in [0.3, 0.4) is 0 Å². The Hall–Kier alpha value is -0.650. The Morgan fingerprint density at radius 3 is 2.84 bits per heavy atom. The molecule has 0 aromatic rings. The topological polar surface area (TPSA) is 61.6 Å². The van der Waals surface area contributed by atoms with E-state index in [1.165, 1.54) is 19.4 Å². The molecule has 1 amide bonds. The van der Waals surface area contributed by atoms with Crippen LogP contribution in [0.4, 0.5) is 0 Å². The summed E-state index contributed by atoms with van der Waals surface area (Å²) < 4.78 is 0. The standard InChI is InChI=1S/C14H30N4O/c1-4-16-13(14(15)19)8-10-17(3)11-12-7-6-9-18(12)5-2/h12-13,16H,4-11H2,1-3H3,(H2,15,19). The van der Waals surface area contributed by atoms with Crippen LogP contribution < -0.4 is 11.1 Å². The van der Waals surface area contributed by atoms with Crippen LogP contribution in [0.1, 0.15) is 33.1 Å². The molecule has 0 saturated carbocycles. The molecule has 112 valence electrons. The Kier molecular flexibility index (Phi) is 7.34. The van der Waals surface area contributed by atoms with E-state index in [-0.39, 0.29) is 11.9 Å². The highest BCUT2D eigenvalue weighted by atomic mass is 16.1. The number of carbonyl (C=O) groups is 1. The highest BCUT2D eigenvalue weighted by Crippen LogP contribution is 2.17. The Balaban J connectivity index is 2.30. The van der Waals surface area contributed by atoms with E-state index in [1.807, 2.05) is 6.92 Å². The number of amides is 1. The Labute approximate surface area is 117 Å².